The van der Waals surface area contributed by atoms with E-state index >= 15 is 0 Å². The minimum atomic E-state index is -0.288. The van der Waals surface area contributed by atoms with E-state index in [9.17, 15) is 4.79 Å². The second-order valence-corrected chi connectivity index (χ2v) is 7.69. The van der Waals surface area contributed by atoms with Crippen molar-refractivity contribution in [3.63, 3.8) is 0 Å². The highest BCUT2D eigenvalue weighted by molar-refractivity contribution is 6.03. The lowest BCUT2D eigenvalue weighted by Crippen LogP contribution is -2.14. The van der Waals surface area contributed by atoms with Gasteiger partial charge in [-0.1, -0.05) is 24.6 Å². The molecule has 0 unspecified atom stereocenters. The molecule has 156 valence electrons. The Balaban J connectivity index is 1.33. The summed E-state index contributed by atoms with van der Waals surface area (Å²) in [4.78, 5) is 14.2. The number of rotatable bonds is 4. The number of hydrogen-bond acceptors (Lipinski definition) is 5. The molecule has 0 fully saturated rings. The molecule has 3 heterocycles. The van der Waals surface area contributed by atoms with Crippen LogP contribution in [0.4, 0.5) is 5.69 Å². The van der Waals surface area contributed by atoms with E-state index in [0.717, 1.165) is 48.7 Å². The fourth-order valence-electron chi connectivity index (χ4n) is 3.86. The summed E-state index contributed by atoms with van der Waals surface area (Å²) in [5, 5.41) is 20.4. The minimum absolute atomic E-state index is 0.288. The second kappa shape index (κ2) is 8.14. The zero-order chi connectivity index (χ0) is 21.2. The molecule has 0 atom stereocenters. The summed E-state index contributed by atoms with van der Waals surface area (Å²) in [5.74, 6) is 1.65. The van der Waals surface area contributed by atoms with Crippen molar-refractivity contribution in [1.82, 2.24) is 29.8 Å². The summed E-state index contributed by atoms with van der Waals surface area (Å²) in [5.41, 5.74) is 3.36. The SMILES string of the molecule is Cc1nn(-c2ccccc2)nc1C(=O)Nc1ccc(-c2nnc3n2CCCCC3)cc1. The fourth-order valence-corrected chi connectivity index (χ4v) is 3.86. The van der Waals surface area contributed by atoms with Gasteiger partial charge in [-0.3, -0.25) is 4.79 Å². The Hall–Kier alpha value is -3.81. The Morgan fingerprint density at radius 2 is 1.74 bits per heavy atom. The first-order chi connectivity index (χ1) is 15.2. The molecule has 5 rings (SSSR count). The van der Waals surface area contributed by atoms with Gasteiger partial charge in [-0.05, 0) is 56.2 Å². The van der Waals surface area contributed by atoms with Crippen LogP contribution >= 0.6 is 0 Å². The van der Waals surface area contributed by atoms with Crippen LogP contribution in [0.5, 0.6) is 0 Å². The molecule has 8 nitrogen and oxygen atoms in total. The van der Waals surface area contributed by atoms with E-state index < -0.39 is 0 Å². The molecule has 2 aromatic carbocycles. The molecule has 0 aliphatic carbocycles. The molecule has 0 bridgehead atoms. The van der Waals surface area contributed by atoms with E-state index in [2.05, 4.69) is 30.3 Å². The maximum atomic E-state index is 12.8. The summed E-state index contributed by atoms with van der Waals surface area (Å²) >= 11 is 0. The zero-order valence-electron chi connectivity index (χ0n) is 17.3. The number of carbonyl (C=O) groups excluding carboxylic acids is 1. The number of para-hydroxylation sites is 1. The van der Waals surface area contributed by atoms with Gasteiger partial charge in [0.05, 0.1) is 11.4 Å². The molecule has 4 aromatic rings. The highest BCUT2D eigenvalue weighted by Gasteiger charge is 2.18. The van der Waals surface area contributed by atoms with Gasteiger partial charge in [-0.25, -0.2) is 0 Å². The van der Waals surface area contributed by atoms with Gasteiger partial charge in [0.1, 0.15) is 5.82 Å². The van der Waals surface area contributed by atoms with Gasteiger partial charge in [0.25, 0.3) is 5.91 Å². The molecule has 2 aromatic heterocycles. The van der Waals surface area contributed by atoms with Crippen LogP contribution in [0.25, 0.3) is 17.1 Å². The van der Waals surface area contributed by atoms with E-state index in [1.165, 1.54) is 11.2 Å². The topological polar surface area (TPSA) is 90.5 Å². The summed E-state index contributed by atoms with van der Waals surface area (Å²) in [7, 11) is 0. The van der Waals surface area contributed by atoms with Crippen LogP contribution in [0, 0.1) is 6.92 Å². The Labute approximate surface area is 179 Å². The van der Waals surface area contributed by atoms with E-state index in [4.69, 9.17) is 0 Å². The average Bonchev–Trinajstić information content (AvgIpc) is 3.30. The molecule has 0 radical (unpaired) electrons. The van der Waals surface area contributed by atoms with Crippen LogP contribution < -0.4 is 5.32 Å². The summed E-state index contributed by atoms with van der Waals surface area (Å²) < 4.78 is 2.21. The van der Waals surface area contributed by atoms with Crippen LogP contribution in [0.2, 0.25) is 0 Å². The Morgan fingerprint density at radius 3 is 2.55 bits per heavy atom. The normalized spacial score (nSPS) is 13.5. The van der Waals surface area contributed by atoms with Crippen molar-refractivity contribution in [1.29, 1.82) is 0 Å². The number of nitrogens with zero attached hydrogens (tertiary/aromatic N) is 6. The average molecular weight is 413 g/mol. The van der Waals surface area contributed by atoms with Gasteiger partial charge in [-0.15, -0.1) is 15.3 Å². The Bertz CT molecular complexity index is 1210. The standard InChI is InChI=1S/C23H23N7O/c1-16-21(28-30(27-16)19-8-4-2-5-9-19)23(31)24-18-13-11-17(12-14-18)22-26-25-20-10-6-3-7-15-29(20)22/h2,4-5,8-9,11-14H,3,6-7,10,15H2,1H3,(H,24,31). The highest BCUT2D eigenvalue weighted by Crippen LogP contribution is 2.24. The monoisotopic (exact) mass is 413 g/mol. The number of nitrogens with one attached hydrogen (secondary N) is 1. The Morgan fingerprint density at radius 1 is 0.935 bits per heavy atom. The molecular weight excluding hydrogens is 390 g/mol. The van der Waals surface area contributed by atoms with E-state index in [1.54, 1.807) is 6.92 Å². The lowest BCUT2D eigenvalue weighted by Gasteiger charge is -2.08. The van der Waals surface area contributed by atoms with Crippen LogP contribution in [0.1, 0.15) is 41.3 Å². The molecule has 1 aliphatic rings. The third-order valence-corrected chi connectivity index (χ3v) is 5.49. The predicted molar refractivity (Wildman–Crippen MR) is 117 cm³/mol. The van der Waals surface area contributed by atoms with Crippen LogP contribution in [0.3, 0.4) is 0 Å². The van der Waals surface area contributed by atoms with Gasteiger partial charge >= 0.3 is 0 Å². The Kier molecular flexibility index (Phi) is 5.03. The van der Waals surface area contributed by atoms with Crippen molar-refractivity contribution in [2.24, 2.45) is 0 Å². The first kappa shape index (κ1) is 19.2. The first-order valence-electron chi connectivity index (χ1n) is 10.5. The maximum absolute atomic E-state index is 12.8. The van der Waals surface area contributed by atoms with Gasteiger partial charge in [0.15, 0.2) is 11.5 Å². The molecule has 31 heavy (non-hydrogen) atoms. The van der Waals surface area contributed by atoms with Crippen molar-refractivity contribution in [3.8, 4) is 17.1 Å². The molecule has 0 spiro atoms. The van der Waals surface area contributed by atoms with Gasteiger partial charge in [0, 0.05) is 24.2 Å². The lowest BCUT2D eigenvalue weighted by molar-refractivity contribution is 0.102. The summed E-state index contributed by atoms with van der Waals surface area (Å²) in [6.45, 7) is 2.73. The molecular formula is C23H23N7O. The third-order valence-electron chi connectivity index (χ3n) is 5.49. The molecule has 0 saturated carbocycles. The van der Waals surface area contributed by atoms with Crippen molar-refractivity contribution >= 4 is 11.6 Å². The largest absolute Gasteiger partial charge is 0.321 e. The van der Waals surface area contributed by atoms with Crippen LogP contribution in [-0.4, -0.2) is 35.7 Å². The van der Waals surface area contributed by atoms with E-state index in [-0.39, 0.29) is 5.91 Å². The van der Waals surface area contributed by atoms with Crippen molar-refractivity contribution < 1.29 is 4.79 Å². The van der Waals surface area contributed by atoms with Crippen LogP contribution in [0.15, 0.2) is 54.6 Å². The predicted octanol–water partition coefficient (Wildman–Crippen LogP) is 3.81. The van der Waals surface area contributed by atoms with Crippen molar-refractivity contribution in [2.75, 3.05) is 5.32 Å². The maximum Gasteiger partial charge on any atom is 0.278 e. The van der Waals surface area contributed by atoms with Crippen molar-refractivity contribution in [3.05, 3.63) is 71.8 Å². The number of carbonyl (C=O) groups is 1. The van der Waals surface area contributed by atoms with E-state index in [0.29, 0.717) is 17.1 Å². The summed E-state index contributed by atoms with van der Waals surface area (Å²) in [6.07, 6.45) is 4.51. The number of fused-ring (bicyclic) bond motifs is 1. The highest BCUT2D eigenvalue weighted by atomic mass is 16.2. The quantitative estimate of drug-likeness (QED) is 0.549. The number of benzene rings is 2. The zero-order valence-corrected chi connectivity index (χ0v) is 17.3. The molecule has 1 N–H and O–H groups in total. The number of hydrogen-bond donors (Lipinski definition) is 1. The van der Waals surface area contributed by atoms with Gasteiger partial charge in [0.2, 0.25) is 0 Å². The number of amides is 1. The second-order valence-electron chi connectivity index (χ2n) is 7.69. The third kappa shape index (κ3) is 3.84. The number of aryl methyl sites for hydroxylation is 2. The number of aromatic nitrogens is 6. The van der Waals surface area contributed by atoms with Gasteiger partial charge in [-0.2, -0.15) is 9.90 Å². The smallest absolute Gasteiger partial charge is 0.278 e. The fraction of sp³-hybridized carbons (Fsp3) is 0.261. The lowest BCUT2D eigenvalue weighted by atomic mass is 10.2. The molecule has 1 aliphatic heterocycles. The number of anilines is 1. The first-order valence-corrected chi connectivity index (χ1v) is 10.5. The summed E-state index contributed by atoms with van der Waals surface area (Å²) in [6, 6.07) is 17.2. The molecule has 0 saturated heterocycles. The van der Waals surface area contributed by atoms with Crippen LogP contribution in [-0.2, 0) is 13.0 Å². The van der Waals surface area contributed by atoms with E-state index in [1.807, 2.05) is 54.6 Å². The van der Waals surface area contributed by atoms with Crippen molar-refractivity contribution in [2.45, 2.75) is 39.2 Å². The van der Waals surface area contributed by atoms with Gasteiger partial charge < -0.3 is 9.88 Å². The molecule has 1 amide bonds. The molecule has 8 heteroatoms. The minimum Gasteiger partial charge on any atom is -0.321 e.